The van der Waals surface area contributed by atoms with E-state index in [2.05, 4.69) is 91.2 Å². The minimum Gasteiger partial charge on any atom is -0.465 e. The molecule has 0 unspecified atom stereocenters. The number of hydrogen-bond acceptors (Lipinski definition) is 5. The number of benzene rings is 3. The number of nitrogens with zero attached hydrogens (tertiary/aromatic N) is 3. The zero-order valence-corrected chi connectivity index (χ0v) is 29.8. The molecular weight excluding hydrogens is 685 g/mol. The summed E-state index contributed by atoms with van der Waals surface area (Å²) in [5, 5.41) is 17.4. The van der Waals surface area contributed by atoms with Crippen LogP contribution in [0.25, 0.3) is 44.4 Å². The van der Waals surface area contributed by atoms with Crippen LogP contribution in [0.15, 0.2) is 73.1 Å². The number of amides is 2. The molecule has 3 atom stereocenters. The highest BCUT2D eigenvalue weighted by atomic mass is 35.5. The number of aromatic amines is 2. The van der Waals surface area contributed by atoms with Gasteiger partial charge < -0.3 is 30.6 Å². The second kappa shape index (κ2) is 16.1. The first-order valence-electron chi connectivity index (χ1n) is 16.1. The van der Waals surface area contributed by atoms with Crippen molar-refractivity contribution in [1.29, 1.82) is 0 Å². The van der Waals surface area contributed by atoms with Crippen molar-refractivity contribution >= 4 is 60.0 Å². The van der Waals surface area contributed by atoms with E-state index in [1.807, 2.05) is 26.2 Å². The van der Waals surface area contributed by atoms with E-state index in [0.29, 0.717) is 12.6 Å². The van der Waals surface area contributed by atoms with E-state index in [0.717, 1.165) is 81.9 Å². The van der Waals surface area contributed by atoms with Crippen LogP contribution in [-0.2, 0) is 4.79 Å². The van der Waals surface area contributed by atoms with Crippen molar-refractivity contribution in [2.24, 2.45) is 5.92 Å². The smallest absolute Gasteiger partial charge is 0.405 e. The number of halogens is 3. The van der Waals surface area contributed by atoms with Crippen molar-refractivity contribution < 1.29 is 14.7 Å². The number of nitrogens with one attached hydrogen (secondary N) is 4. The lowest BCUT2D eigenvalue weighted by molar-refractivity contribution is -0.135. The van der Waals surface area contributed by atoms with E-state index in [4.69, 9.17) is 0 Å². The van der Waals surface area contributed by atoms with E-state index in [9.17, 15) is 14.7 Å². The van der Waals surface area contributed by atoms with Crippen LogP contribution in [0.4, 0.5) is 4.79 Å². The fourth-order valence-corrected chi connectivity index (χ4v) is 6.81. The molecule has 5 N–H and O–H groups in total. The maximum absolute atomic E-state index is 13.3. The van der Waals surface area contributed by atoms with Gasteiger partial charge >= 0.3 is 6.09 Å². The van der Waals surface area contributed by atoms with Gasteiger partial charge in [-0.2, -0.15) is 0 Å². The third-order valence-corrected chi connectivity index (χ3v) is 9.33. The van der Waals surface area contributed by atoms with Gasteiger partial charge in [-0.15, -0.1) is 37.2 Å². The van der Waals surface area contributed by atoms with Crippen LogP contribution in [0.3, 0.4) is 0 Å². The number of fused-ring (bicyclic) bond motifs is 1. The van der Waals surface area contributed by atoms with E-state index in [-0.39, 0.29) is 55.1 Å². The van der Waals surface area contributed by atoms with E-state index < -0.39 is 12.1 Å². The largest absolute Gasteiger partial charge is 0.465 e. The summed E-state index contributed by atoms with van der Waals surface area (Å²) in [7, 11) is 0. The third kappa shape index (κ3) is 7.88. The minimum atomic E-state index is -1.19. The Labute approximate surface area is 304 Å². The van der Waals surface area contributed by atoms with Gasteiger partial charge in [-0.1, -0.05) is 62.4 Å². The summed E-state index contributed by atoms with van der Waals surface area (Å²) in [5.74, 6) is 1.36. The highest BCUT2D eigenvalue weighted by molar-refractivity contribution is 5.91. The number of rotatable bonds is 8. The SMILES string of the molecule is CC(C)[C@H](NC(=O)O)C(=O)N1CCC[C@H]1c1ncc(-c2ccc3cc(-c4ccc(-c5cnc([C@@H]6CCCN6)[nH]5)cc4)ccc3c2)[nH]1.Cl.Cl.Cl. The second-order valence-electron chi connectivity index (χ2n) is 12.7. The second-order valence-corrected chi connectivity index (χ2v) is 12.7. The first kappa shape index (κ1) is 37.7. The van der Waals surface area contributed by atoms with Crippen LogP contribution in [0.5, 0.6) is 0 Å². The van der Waals surface area contributed by atoms with Gasteiger partial charge in [0.1, 0.15) is 17.7 Å². The molecule has 2 aliphatic heterocycles. The number of carbonyl (C=O) groups is 2. The zero-order valence-electron chi connectivity index (χ0n) is 27.3. The van der Waals surface area contributed by atoms with Crippen LogP contribution in [-0.4, -0.2) is 61.1 Å². The predicted molar refractivity (Wildman–Crippen MR) is 200 cm³/mol. The number of likely N-dealkylation sites (tertiary alicyclic amines) is 1. The molecule has 0 radical (unpaired) electrons. The quantitative estimate of drug-likeness (QED) is 0.110. The summed E-state index contributed by atoms with van der Waals surface area (Å²) in [6.45, 7) is 5.32. The topological polar surface area (TPSA) is 139 Å². The number of carbonyl (C=O) groups excluding carboxylic acids is 1. The maximum Gasteiger partial charge on any atom is 0.405 e. The normalized spacial score (nSPS) is 17.7. The van der Waals surface area contributed by atoms with Crippen LogP contribution in [0.2, 0.25) is 0 Å². The maximum atomic E-state index is 13.3. The van der Waals surface area contributed by atoms with Crippen molar-refractivity contribution in [2.75, 3.05) is 13.1 Å². The molecule has 2 fully saturated rings. The molecule has 0 bridgehead atoms. The Bertz CT molecular complexity index is 1890. The average molecular weight is 727 g/mol. The standard InChI is InChI=1S/C36H39N7O3.3ClH/c1-21(2)32(42-36(45)46)35(44)43-16-4-6-31(43)34-39-20-30(41-34)27-14-13-25-17-24(11-12-26(25)18-27)22-7-9-23(10-8-22)29-19-38-33(40-29)28-5-3-15-37-28;;;/h7-14,17-21,28,31-32,37,42H,3-6,15-16H2,1-2H3,(H,38,40)(H,39,41)(H,45,46);3*1H/t28-,31-,32-;;;/m0.../s1. The van der Waals surface area contributed by atoms with Crippen molar-refractivity contribution in [2.45, 2.75) is 57.7 Å². The Morgan fingerprint density at radius 1 is 0.796 bits per heavy atom. The molecule has 13 heteroatoms. The van der Waals surface area contributed by atoms with Gasteiger partial charge in [-0.3, -0.25) is 4.79 Å². The van der Waals surface area contributed by atoms with Gasteiger partial charge in [0.15, 0.2) is 0 Å². The number of carboxylic acid groups (broad SMARTS) is 1. The summed E-state index contributed by atoms with van der Waals surface area (Å²) in [5.41, 5.74) is 6.35. The fraction of sp³-hybridized carbons (Fsp3) is 0.333. The molecule has 0 saturated carbocycles. The molecule has 0 aliphatic carbocycles. The molecule has 2 aliphatic rings. The van der Waals surface area contributed by atoms with E-state index >= 15 is 0 Å². The van der Waals surface area contributed by atoms with Crippen molar-refractivity contribution in [1.82, 2.24) is 35.5 Å². The summed E-state index contributed by atoms with van der Waals surface area (Å²) < 4.78 is 0. The number of H-pyrrole nitrogens is 2. The highest BCUT2D eigenvalue weighted by Gasteiger charge is 2.37. The molecule has 2 amide bonds. The fourth-order valence-electron chi connectivity index (χ4n) is 6.81. The lowest BCUT2D eigenvalue weighted by Crippen LogP contribution is -2.50. The monoisotopic (exact) mass is 725 g/mol. The van der Waals surface area contributed by atoms with E-state index in [1.54, 1.807) is 4.90 Å². The van der Waals surface area contributed by atoms with Gasteiger partial charge in [0, 0.05) is 12.1 Å². The molecule has 2 aromatic heterocycles. The van der Waals surface area contributed by atoms with Gasteiger partial charge in [0.25, 0.3) is 0 Å². The minimum absolute atomic E-state index is 0. The van der Waals surface area contributed by atoms with Gasteiger partial charge in [-0.25, -0.2) is 14.8 Å². The molecule has 5 aromatic rings. The molecule has 10 nitrogen and oxygen atoms in total. The third-order valence-electron chi connectivity index (χ3n) is 9.33. The van der Waals surface area contributed by atoms with Gasteiger partial charge in [0.05, 0.1) is 35.9 Å². The molecule has 0 spiro atoms. The molecule has 7 rings (SSSR count). The Hall–Kier alpha value is -4.09. The van der Waals surface area contributed by atoms with Gasteiger partial charge in [0.2, 0.25) is 5.91 Å². The predicted octanol–water partition coefficient (Wildman–Crippen LogP) is 7.93. The van der Waals surface area contributed by atoms with Crippen LogP contribution >= 0.6 is 37.2 Å². The van der Waals surface area contributed by atoms with Crippen molar-refractivity contribution in [3.8, 4) is 33.6 Å². The number of imidazole rings is 2. The Balaban J connectivity index is 0.00000180. The summed E-state index contributed by atoms with van der Waals surface area (Å²) in [6.07, 6.45) is 6.47. The van der Waals surface area contributed by atoms with Crippen molar-refractivity contribution in [3.63, 3.8) is 0 Å². The summed E-state index contributed by atoms with van der Waals surface area (Å²) in [4.78, 5) is 42.6. The van der Waals surface area contributed by atoms with Crippen LogP contribution in [0, 0.1) is 5.92 Å². The first-order valence-corrected chi connectivity index (χ1v) is 16.1. The zero-order chi connectivity index (χ0) is 31.8. The molecule has 49 heavy (non-hydrogen) atoms. The van der Waals surface area contributed by atoms with Gasteiger partial charge in [-0.05, 0) is 77.7 Å². The Kier molecular flexibility index (Phi) is 12.4. The summed E-state index contributed by atoms with van der Waals surface area (Å²) >= 11 is 0. The molecule has 2 saturated heterocycles. The lowest BCUT2D eigenvalue weighted by atomic mass is 9.98. The summed E-state index contributed by atoms with van der Waals surface area (Å²) in [6, 6.07) is 20.8. The molecule has 4 heterocycles. The van der Waals surface area contributed by atoms with E-state index in [1.165, 1.54) is 6.42 Å². The molecule has 260 valence electrons. The number of aromatic nitrogens is 4. The van der Waals surface area contributed by atoms with Crippen LogP contribution in [0.1, 0.15) is 63.3 Å². The Morgan fingerprint density at radius 3 is 2.04 bits per heavy atom. The molecular formula is C36H42Cl3N7O3. The first-order chi connectivity index (χ1) is 22.3. The van der Waals surface area contributed by atoms with Crippen LogP contribution < -0.4 is 10.6 Å². The average Bonchev–Trinajstić information content (AvgIpc) is 3.89. The molecule has 3 aromatic carbocycles. The number of hydrogen-bond donors (Lipinski definition) is 5. The Morgan fingerprint density at radius 2 is 1.39 bits per heavy atom. The van der Waals surface area contributed by atoms with Crippen molar-refractivity contribution in [3.05, 3.63) is 84.7 Å². The highest BCUT2D eigenvalue weighted by Crippen LogP contribution is 2.34. The lowest BCUT2D eigenvalue weighted by Gasteiger charge is -2.29.